The third-order valence-electron chi connectivity index (χ3n) is 2.63. The molecule has 16 heavy (non-hydrogen) atoms. The third kappa shape index (κ3) is 1.94. The van der Waals surface area contributed by atoms with E-state index in [-0.39, 0.29) is 0 Å². The second kappa shape index (κ2) is 4.40. The fourth-order valence-electron chi connectivity index (χ4n) is 1.52. The van der Waals surface area contributed by atoms with Crippen LogP contribution in [0.15, 0.2) is 12.4 Å². The van der Waals surface area contributed by atoms with Crippen LogP contribution in [0.4, 0.5) is 0 Å². The van der Waals surface area contributed by atoms with Crippen LogP contribution in [-0.2, 0) is 6.42 Å². The second-order valence-corrected chi connectivity index (χ2v) is 3.77. The maximum Gasteiger partial charge on any atom is 0.152 e. The average Bonchev–Trinajstić information content (AvgIpc) is 2.62. The van der Waals surface area contributed by atoms with Gasteiger partial charge in [0.25, 0.3) is 0 Å². The molecule has 0 amide bonds. The largest absolute Gasteiger partial charge is 0.359 e. The first-order valence-corrected chi connectivity index (χ1v) is 5.26. The van der Waals surface area contributed by atoms with E-state index in [0.29, 0.717) is 18.8 Å². The minimum Gasteiger partial charge on any atom is -0.359 e. The van der Waals surface area contributed by atoms with E-state index in [1.165, 1.54) is 11.1 Å². The van der Waals surface area contributed by atoms with Crippen LogP contribution in [-0.4, -0.2) is 26.7 Å². The van der Waals surface area contributed by atoms with Crippen molar-refractivity contribution in [3.63, 3.8) is 0 Å². The van der Waals surface area contributed by atoms with E-state index < -0.39 is 0 Å². The number of aryl methyl sites for hydroxylation is 1. The predicted octanol–water partition coefficient (Wildman–Crippen LogP) is 0.985. The lowest BCUT2D eigenvalue weighted by Gasteiger charge is -2.00. The number of nitrogens with two attached hydrogens (primary N) is 1. The van der Waals surface area contributed by atoms with Gasteiger partial charge in [-0.05, 0) is 31.5 Å². The molecule has 0 saturated heterocycles. The Morgan fingerprint density at radius 3 is 2.62 bits per heavy atom. The van der Waals surface area contributed by atoms with Crippen LogP contribution >= 0.6 is 0 Å². The van der Waals surface area contributed by atoms with Crippen molar-refractivity contribution < 1.29 is 0 Å². The van der Waals surface area contributed by atoms with Gasteiger partial charge in [0.15, 0.2) is 5.82 Å². The molecular formula is C11H15N5. The first-order valence-electron chi connectivity index (χ1n) is 5.26. The molecular weight excluding hydrogens is 202 g/mol. The van der Waals surface area contributed by atoms with Crippen molar-refractivity contribution in [2.45, 2.75) is 20.3 Å². The van der Waals surface area contributed by atoms with Gasteiger partial charge in [-0.2, -0.15) is 0 Å². The van der Waals surface area contributed by atoms with Crippen molar-refractivity contribution in [1.29, 1.82) is 0 Å². The normalized spacial score (nSPS) is 10.7. The minimum atomic E-state index is 0.543. The lowest BCUT2D eigenvalue weighted by Crippen LogP contribution is -2.07. The van der Waals surface area contributed by atoms with Crippen molar-refractivity contribution >= 4 is 0 Å². The lowest BCUT2D eigenvalue weighted by atomic mass is 10.1. The van der Waals surface area contributed by atoms with Crippen LogP contribution in [0.2, 0.25) is 0 Å². The third-order valence-corrected chi connectivity index (χ3v) is 2.63. The number of nitrogens with one attached hydrogen (secondary N) is 1. The summed E-state index contributed by atoms with van der Waals surface area (Å²) in [5.74, 6) is 0.687. The van der Waals surface area contributed by atoms with Crippen LogP contribution < -0.4 is 5.73 Å². The Kier molecular flexibility index (Phi) is 2.96. The van der Waals surface area contributed by atoms with Gasteiger partial charge in [-0.3, -0.25) is 0 Å². The van der Waals surface area contributed by atoms with Crippen LogP contribution in [0, 0.1) is 13.8 Å². The first-order chi connectivity index (χ1) is 7.72. The van der Waals surface area contributed by atoms with Crippen molar-refractivity contribution in [2.24, 2.45) is 5.73 Å². The predicted molar refractivity (Wildman–Crippen MR) is 61.8 cm³/mol. The number of aromatic amines is 1. The number of aromatic nitrogens is 4. The van der Waals surface area contributed by atoms with Gasteiger partial charge in [-0.15, -0.1) is 10.2 Å². The molecule has 0 fully saturated rings. The average molecular weight is 217 g/mol. The maximum absolute atomic E-state index is 5.42. The fraction of sp³-hybridized carbons (Fsp3) is 0.364. The van der Waals surface area contributed by atoms with Gasteiger partial charge in [0.2, 0.25) is 0 Å². The van der Waals surface area contributed by atoms with Gasteiger partial charge in [0.1, 0.15) is 5.69 Å². The quantitative estimate of drug-likeness (QED) is 0.803. The molecule has 3 N–H and O–H groups in total. The molecule has 0 radical (unpaired) electrons. The highest BCUT2D eigenvalue weighted by Gasteiger charge is 2.08. The van der Waals surface area contributed by atoms with Crippen LogP contribution in [0.1, 0.15) is 17.0 Å². The first kappa shape index (κ1) is 10.8. The molecule has 2 aromatic rings. The van der Waals surface area contributed by atoms with E-state index in [4.69, 9.17) is 5.73 Å². The summed E-state index contributed by atoms with van der Waals surface area (Å²) in [7, 11) is 0. The molecule has 5 heteroatoms. The summed E-state index contributed by atoms with van der Waals surface area (Å²) >= 11 is 0. The van der Waals surface area contributed by atoms with Crippen molar-refractivity contribution in [3.8, 4) is 11.4 Å². The Balaban J connectivity index is 2.31. The Bertz CT molecular complexity index is 472. The topological polar surface area (TPSA) is 80.5 Å². The summed E-state index contributed by atoms with van der Waals surface area (Å²) in [4.78, 5) is 7.40. The summed E-state index contributed by atoms with van der Waals surface area (Å²) in [6, 6.07) is 0. The molecule has 5 nitrogen and oxygen atoms in total. The molecule has 0 unspecified atom stereocenters. The van der Waals surface area contributed by atoms with Gasteiger partial charge >= 0.3 is 0 Å². The van der Waals surface area contributed by atoms with Crippen LogP contribution in [0.3, 0.4) is 0 Å². The Morgan fingerprint density at radius 1 is 1.31 bits per heavy atom. The van der Waals surface area contributed by atoms with E-state index in [0.717, 1.165) is 11.4 Å². The van der Waals surface area contributed by atoms with Gasteiger partial charge < -0.3 is 10.7 Å². The molecule has 0 bridgehead atoms. The zero-order chi connectivity index (χ0) is 11.5. The molecule has 0 aromatic carbocycles. The van der Waals surface area contributed by atoms with Crippen LogP contribution in [0.5, 0.6) is 0 Å². The van der Waals surface area contributed by atoms with E-state index in [9.17, 15) is 0 Å². The molecule has 0 aliphatic heterocycles. The molecule has 0 atom stereocenters. The summed E-state index contributed by atoms with van der Waals surface area (Å²) in [5, 5.41) is 8.18. The molecule has 2 heterocycles. The van der Waals surface area contributed by atoms with Gasteiger partial charge in [-0.1, -0.05) is 0 Å². The SMILES string of the molecule is Cc1c[nH]c(-c2cnc(CCN)nn2)c1C. The molecule has 2 rings (SSSR count). The summed E-state index contributed by atoms with van der Waals surface area (Å²) in [6.07, 6.45) is 4.35. The summed E-state index contributed by atoms with van der Waals surface area (Å²) in [5.41, 5.74) is 9.57. The van der Waals surface area contributed by atoms with Crippen molar-refractivity contribution in [2.75, 3.05) is 6.54 Å². The summed E-state index contributed by atoms with van der Waals surface area (Å²) in [6.45, 7) is 4.65. The summed E-state index contributed by atoms with van der Waals surface area (Å²) < 4.78 is 0. The van der Waals surface area contributed by atoms with Crippen molar-refractivity contribution in [3.05, 3.63) is 29.3 Å². The standard InChI is InChI=1S/C11H15N5/c1-7-5-14-11(8(7)2)9-6-13-10(3-4-12)16-15-9/h5-6,14H,3-4,12H2,1-2H3. The highest BCUT2D eigenvalue weighted by Crippen LogP contribution is 2.20. The number of hydrogen-bond donors (Lipinski definition) is 2. The molecule has 0 spiro atoms. The second-order valence-electron chi connectivity index (χ2n) is 3.77. The molecule has 84 valence electrons. The number of H-pyrrole nitrogens is 1. The highest BCUT2D eigenvalue weighted by atomic mass is 15.2. The minimum absolute atomic E-state index is 0.543. The maximum atomic E-state index is 5.42. The monoisotopic (exact) mass is 217 g/mol. The number of nitrogens with zero attached hydrogens (tertiary/aromatic N) is 3. The molecule has 0 aliphatic carbocycles. The Labute approximate surface area is 94.1 Å². The van der Waals surface area contributed by atoms with E-state index in [1.54, 1.807) is 6.20 Å². The van der Waals surface area contributed by atoms with Crippen molar-refractivity contribution in [1.82, 2.24) is 20.2 Å². The zero-order valence-electron chi connectivity index (χ0n) is 9.49. The van der Waals surface area contributed by atoms with E-state index >= 15 is 0 Å². The smallest absolute Gasteiger partial charge is 0.152 e. The van der Waals surface area contributed by atoms with Gasteiger partial charge in [0.05, 0.1) is 11.9 Å². The Morgan fingerprint density at radius 2 is 2.12 bits per heavy atom. The highest BCUT2D eigenvalue weighted by molar-refractivity contribution is 5.59. The van der Waals surface area contributed by atoms with Crippen LogP contribution in [0.25, 0.3) is 11.4 Å². The fourth-order valence-corrected chi connectivity index (χ4v) is 1.52. The van der Waals surface area contributed by atoms with E-state index in [2.05, 4.69) is 34.0 Å². The Hall–Kier alpha value is -1.75. The number of hydrogen-bond acceptors (Lipinski definition) is 4. The van der Waals surface area contributed by atoms with Gasteiger partial charge in [-0.25, -0.2) is 4.98 Å². The van der Waals surface area contributed by atoms with Gasteiger partial charge in [0, 0.05) is 12.6 Å². The number of rotatable bonds is 3. The zero-order valence-corrected chi connectivity index (χ0v) is 9.49. The molecule has 0 saturated carbocycles. The lowest BCUT2D eigenvalue weighted by molar-refractivity contribution is 0.811. The molecule has 0 aliphatic rings. The van der Waals surface area contributed by atoms with E-state index in [1.807, 2.05) is 6.20 Å². The molecule has 2 aromatic heterocycles.